The lowest BCUT2D eigenvalue weighted by atomic mass is 10.2. The van der Waals surface area contributed by atoms with Gasteiger partial charge in [-0.05, 0) is 13.8 Å². The molecule has 0 saturated carbocycles. The third-order valence-corrected chi connectivity index (χ3v) is 2.22. The van der Waals surface area contributed by atoms with E-state index in [9.17, 15) is 5.11 Å². The summed E-state index contributed by atoms with van der Waals surface area (Å²) >= 11 is 5.49. The Morgan fingerprint density at radius 1 is 1.54 bits per heavy atom. The largest absolute Gasteiger partial charge is 0.391 e. The van der Waals surface area contributed by atoms with E-state index in [0.29, 0.717) is 25.6 Å². The van der Waals surface area contributed by atoms with Gasteiger partial charge in [0, 0.05) is 31.4 Å². The fourth-order valence-corrected chi connectivity index (χ4v) is 1.17. The minimum atomic E-state index is -0.497. The van der Waals surface area contributed by atoms with Gasteiger partial charge in [-0.2, -0.15) is 5.26 Å². The van der Waals surface area contributed by atoms with Crippen molar-refractivity contribution in [2.45, 2.75) is 32.4 Å². The second-order valence-corrected chi connectivity index (χ2v) is 3.61. The van der Waals surface area contributed by atoms with Crippen molar-refractivity contribution in [1.29, 1.82) is 5.26 Å². The SMILES string of the molecule is CC(C)N(CCC#N)CC(O)CCl. The van der Waals surface area contributed by atoms with E-state index < -0.39 is 6.10 Å². The molecule has 0 aromatic heterocycles. The van der Waals surface area contributed by atoms with Crippen LogP contribution in [0, 0.1) is 11.3 Å². The maximum Gasteiger partial charge on any atom is 0.0802 e. The van der Waals surface area contributed by atoms with Crippen molar-refractivity contribution >= 4 is 11.6 Å². The predicted octanol–water partition coefficient (Wildman–Crippen LogP) is 1.21. The summed E-state index contributed by atoms with van der Waals surface area (Å²) in [5, 5.41) is 17.7. The Morgan fingerprint density at radius 3 is 2.54 bits per heavy atom. The van der Waals surface area contributed by atoms with Crippen LogP contribution in [0.1, 0.15) is 20.3 Å². The molecule has 0 aromatic rings. The Hall–Kier alpha value is -0.300. The Morgan fingerprint density at radius 2 is 2.15 bits per heavy atom. The van der Waals surface area contributed by atoms with Crippen LogP contribution in [0.2, 0.25) is 0 Å². The fraction of sp³-hybridized carbons (Fsp3) is 0.889. The van der Waals surface area contributed by atoms with Crippen LogP contribution in [-0.4, -0.2) is 41.1 Å². The lowest BCUT2D eigenvalue weighted by Gasteiger charge is -2.27. The smallest absolute Gasteiger partial charge is 0.0802 e. The summed E-state index contributed by atoms with van der Waals surface area (Å²) in [6.45, 7) is 5.32. The highest BCUT2D eigenvalue weighted by molar-refractivity contribution is 6.18. The van der Waals surface area contributed by atoms with Crippen molar-refractivity contribution in [2.75, 3.05) is 19.0 Å². The molecule has 0 fully saturated rings. The molecule has 1 atom stereocenters. The number of hydrogen-bond donors (Lipinski definition) is 1. The topological polar surface area (TPSA) is 47.3 Å². The van der Waals surface area contributed by atoms with Gasteiger partial charge in [-0.25, -0.2) is 0 Å². The van der Waals surface area contributed by atoms with Crippen LogP contribution in [0.15, 0.2) is 0 Å². The van der Waals surface area contributed by atoms with Crippen LogP contribution >= 0.6 is 11.6 Å². The number of aliphatic hydroxyl groups excluding tert-OH is 1. The Kier molecular flexibility index (Phi) is 6.97. The summed E-state index contributed by atoms with van der Waals surface area (Å²) in [6.07, 6.45) is -0.00421. The fourth-order valence-electron chi connectivity index (χ4n) is 1.07. The number of aliphatic hydroxyl groups is 1. The molecule has 1 N–H and O–H groups in total. The minimum absolute atomic E-state index is 0.246. The molecule has 13 heavy (non-hydrogen) atoms. The Labute approximate surface area is 84.9 Å². The third-order valence-electron chi connectivity index (χ3n) is 1.86. The van der Waals surface area contributed by atoms with E-state index in [1.807, 2.05) is 13.8 Å². The molecule has 0 saturated heterocycles. The molecule has 0 aliphatic heterocycles. The molecule has 0 radical (unpaired) electrons. The van der Waals surface area contributed by atoms with Crippen LogP contribution in [0.25, 0.3) is 0 Å². The van der Waals surface area contributed by atoms with Crippen molar-refractivity contribution < 1.29 is 5.11 Å². The highest BCUT2D eigenvalue weighted by Gasteiger charge is 2.13. The standard InChI is InChI=1S/C9H17ClN2O/c1-8(2)12(5-3-4-11)7-9(13)6-10/h8-9,13H,3,5-7H2,1-2H3. The lowest BCUT2D eigenvalue weighted by molar-refractivity contribution is 0.111. The molecule has 0 aliphatic rings. The van der Waals surface area contributed by atoms with Gasteiger partial charge in [0.1, 0.15) is 0 Å². The highest BCUT2D eigenvalue weighted by atomic mass is 35.5. The molecule has 0 aromatic carbocycles. The van der Waals surface area contributed by atoms with Crippen LogP contribution in [0.5, 0.6) is 0 Å². The molecule has 3 nitrogen and oxygen atoms in total. The van der Waals surface area contributed by atoms with Crippen molar-refractivity contribution in [2.24, 2.45) is 0 Å². The first-order valence-corrected chi connectivity index (χ1v) is 5.00. The molecule has 0 bridgehead atoms. The zero-order valence-electron chi connectivity index (χ0n) is 8.20. The van der Waals surface area contributed by atoms with Gasteiger partial charge in [-0.3, -0.25) is 4.90 Å². The van der Waals surface area contributed by atoms with Gasteiger partial charge in [0.25, 0.3) is 0 Å². The van der Waals surface area contributed by atoms with Crippen molar-refractivity contribution in [3.63, 3.8) is 0 Å². The number of halogens is 1. The van der Waals surface area contributed by atoms with Gasteiger partial charge in [-0.1, -0.05) is 0 Å². The molecule has 1 unspecified atom stereocenters. The quantitative estimate of drug-likeness (QED) is 0.662. The summed E-state index contributed by atoms with van der Waals surface area (Å²) in [4.78, 5) is 2.05. The number of rotatable bonds is 6. The normalized spacial score (nSPS) is 13.3. The molecule has 0 amide bonds. The highest BCUT2D eigenvalue weighted by Crippen LogP contribution is 2.02. The molecule has 0 rings (SSSR count). The third kappa shape index (κ3) is 5.87. The van der Waals surface area contributed by atoms with E-state index in [1.165, 1.54) is 0 Å². The first-order valence-electron chi connectivity index (χ1n) is 4.46. The van der Waals surface area contributed by atoms with Gasteiger partial charge in [-0.15, -0.1) is 11.6 Å². The average Bonchev–Trinajstić information content (AvgIpc) is 2.11. The van der Waals surface area contributed by atoms with E-state index in [1.54, 1.807) is 0 Å². The maximum absolute atomic E-state index is 9.32. The summed E-state index contributed by atoms with van der Waals surface area (Å²) in [6, 6.07) is 2.43. The molecular weight excluding hydrogens is 188 g/mol. The lowest BCUT2D eigenvalue weighted by Crippen LogP contribution is -2.38. The van der Waals surface area contributed by atoms with Crippen molar-refractivity contribution in [3.8, 4) is 6.07 Å². The van der Waals surface area contributed by atoms with Crippen LogP contribution in [0.4, 0.5) is 0 Å². The summed E-state index contributed by atoms with van der Waals surface area (Å²) in [5.74, 6) is 0.246. The predicted molar refractivity (Wildman–Crippen MR) is 53.7 cm³/mol. The second kappa shape index (κ2) is 7.14. The van der Waals surface area contributed by atoms with Gasteiger partial charge in [0.15, 0.2) is 0 Å². The van der Waals surface area contributed by atoms with E-state index in [2.05, 4.69) is 11.0 Å². The molecule has 4 heteroatoms. The van der Waals surface area contributed by atoms with Gasteiger partial charge in [0.05, 0.1) is 12.2 Å². The second-order valence-electron chi connectivity index (χ2n) is 3.30. The zero-order valence-corrected chi connectivity index (χ0v) is 8.96. The van der Waals surface area contributed by atoms with Crippen molar-refractivity contribution in [1.82, 2.24) is 4.90 Å². The van der Waals surface area contributed by atoms with E-state index >= 15 is 0 Å². The van der Waals surface area contributed by atoms with Crippen LogP contribution < -0.4 is 0 Å². The zero-order chi connectivity index (χ0) is 10.3. The van der Waals surface area contributed by atoms with E-state index in [-0.39, 0.29) is 5.88 Å². The first kappa shape index (κ1) is 12.7. The number of hydrogen-bond acceptors (Lipinski definition) is 3. The summed E-state index contributed by atoms with van der Waals surface area (Å²) < 4.78 is 0. The van der Waals surface area contributed by atoms with Gasteiger partial charge < -0.3 is 5.11 Å². The number of nitrogens with zero attached hydrogens (tertiary/aromatic N) is 2. The minimum Gasteiger partial charge on any atom is -0.391 e. The Bertz CT molecular complexity index is 167. The summed E-state index contributed by atoms with van der Waals surface area (Å²) in [5.41, 5.74) is 0. The van der Waals surface area contributed by atoms with Gasteiger partial charge in [0.2, 0.25) is 0 Å². The molecule has 0 spiro atoms. The Balaban J connectivity index is 3.88. The average molecular weight is 205 g/mol. The van der Waals surface area contributed by atoms with Crippen LogP contribution in [-0.2, 0) is 0 Å². The molecule has 0 heterocycles. The van der Waals surface area contributed by atoms with E-state index in [4.69, 9.17) is 16.9 Å². The first-order chi connectivity index (χ1) is 6.11. The molecule has 76 valence electrons. The van der Waals surface area contributed by atoms with Gasteiger partial charge >= 0.3 is 0 Å². The monoisotopic (exact) mass is 204 g/mol. The number of nitriles is 1. The van der Waals surface area contributed by atoms with E-state index in [0.717, 1.165) is 0 Å². The molecular formula is C9H17ClN2O. The number of alkyl halides is 1. The molecule has 0 aliphatic carbocycles. The van der Waals surface area contributed by atoms with Crippen molar-refractivity contribution in [3.05, 3.63) is 0 Å². The summed E-state index contributed by atoms with van der Waals surface area (Å²) in [7, 11) is 0. The maximum atomic E-state index is 9.32. The van der Waals surface area contributed by atoms with Crippen LogP contribution in [0.3, 0.4) is 0 Å².